The summed E-state index contributed by atoms with van der Waals surface area (Å²) in [5.74, 6) is 1.12. The fourth-order valence-corrected chi connectivity index (χ4v) is 2.62. The van der Waals surface area contributed by atoms with Crippen molar-refractivity contribution in [2.45, 2.75) is 13.3 Å². The first-order valence-electron chi connectivity index (χ1n) is 6.95. The fraction of sp³-hybridized carbons (Fsp3) is 0.312. The Labute approximate surface area is 118 Å². The summed E-state index contributed by atoms with van der Waals surface area (Å²) in [6, 6.07) is 8.35. The molecule has 0 unspecified atom stereocenters. The summed E-state index contributed by atoms with van der Waals surface area (Å²) in [7, 11) is 4.06. The zero-order valence-corrected chi connectivity index (χ0v) is 12.2. The third-order valence-corrected chi connectivity index (χ3v) is 3.92. The first-order chi connectivity index (χ1) is 9.72. The molecule has 3 rings (SSSR count). The summed E-state index contributed by atoms with van der Waals surface area (Å²) in [6.07, 6.45) is 3.00. The Morgan fingerprint density at radius 2 is 2.10 bits per heavy atom. The van der Waals surface area contributed by atoms with Gasteiger partial charge in [-0.1, -0.05) is 18.2 Å². The molecule has 0 aliphatic rings. The maximum atomic E-state index is 4.84. The van der Waals surface area contributed by atoms with E-state index in [1.165, 1.54) is 16.6 Å². The van der Waals surface area contributed by atoms with Crippen molar-refractivity contribution in [3.8, 4) is 11.3 Å². The van der Waals surface area contributed by atoms with E-state index < -0.39 is 0 Å². The second kappa shape index (κ2) is 5.13. The van der Waals surface area contributed by atoms with Crippen LogP contribution in [0.25, 0.3) is 22.2 Å². The molecule has 2 N–H and O–H groups in total. The molecule has 0 spiro atoms. The Morgan fingerprint density at radius 3 is 2.90 bits per heavy atom. The lowest BCUT2D eigenvalue weighted by atomic mass is 10.1. The Morgan fingerprint density at radius 1 is 1.30 bits per heavy atom. The van der Waals surface area contributed by atoms with Gasteiger partial charge in [-0.05, 0) is 20.0 Å². The molecule has 4 heteroatoms. The quantitative estimate of drug-likeness (QED) is 0.764. The van der Waals surface area contributed by atoms with Gasteiger partial charge in [0.1, 0.15) is 5.82 Å². The second-order valence-corrected chi connectivity index (χ2v) is 5.12. The SMILES string of the molecule is CNCCc1nc(-c2c[nH]c3ccccc23)c(C)n1C. The number of H-pyrrole nitrogens is 1. The van der Waals surface area contributed by atoms with Gasteiger partial charge in [0.2, 0.25) is 0 Å². The molecule has 0 aliphatic carbocycles. The zero-order chi connectivity index (χ0) is 14.1. The lowest BCUT2D eigenvalue weighted by Crippen LogP contribution is -2.13. The predicted molar refractivity (Wildman–Crippen MR) is 82.9 cm³/mol. The smallest absolute Gasteiger partial charge is 0.110 e. The summed E-state index contributed by atoms with van der Waals surface area (Å²) in [5.41, 5.74) is 4.63. The standard InChI is InChI=1S/C16H20N4/c1-11-16(19-15(20(11)3)8-9-17-2)13-10-18-14-7-5-4-6-12(13)14/h4-7,10,17-18H,8-9H2,1-3H3. The van der Waals surface area contributed by atoms with Gasteiger partial charge in [-0.3, -0.25) is 0 Å². The van der Waals surface area contributed by atoms with Crippen LogP contribution in [-0.4, -0.2) is 28.1 Å². The van der Waals surface area contributed by atoms with Crippen molar-refractivity contribution in [1.29, 1.82) is 0 Å². The minimum Gasteiger partial charge on any atom is -0.360 e. The number of hydrogen-bond donors (Lipinski definition) is 2. The van der Waals surface area contributed by atoms with Gasteiger partial charge in [0.15, 0.2) is 0 Å². The third-order valence-electron chi connectivity index (χ3n) is 3.92. The number of rotatable bonds is 4. The number of nitrogens with zero attached hydrogens (tertiary/aromatic N) is 2. The number of aromatic nitrogens is 3. The molecule has 1 aromatic carbocycles. The van der Waals surface area contributed by atoms with Crippen LogP contribution in [0.15, 0.2) is 30.5 Å². The second-order valence-electron chi connectivity index (χ2n) is 5.12. The first-order valence-corrected chi connectivity index (χ1v) is 6.95. The first kappa shape index (κ1) is 12.9. The summed E-state index contributed by atoms with van der Waals surface area (Å²) >= 11 is 0. The van der Waals surface area contributed by atoms with Crippen LogP contribution in [0.5, 0.6) is 0 Å². The molecule has 0 bridgehead atoms. The molecule has 4 nitrogen and oxygen atoms in total. The highest BCUT2D eigenvalue weighted by atomic mass is 15.1. The molecule has 0 saturated carbocycles. The van der Waals surface area contributed by atoms with Crippen molar-refractivity contribution in [3.63, 3.8) is 0 Å². The summed E-state index contributed by atoms with van der Waals surface area (Å²) in [6.45, 7) is 3.07. The van der Waals surface area contributed by atoms with Crippen LogP contribution in [0.4, 0.5) is 0 Å². The maximum Gasteiger partial charge on any atom is 0.110 e. The molecular formula is C16H20N4. The van der Waals surface area contributed by atoms with Gasteiger partial charge < -0.3 is 14.9 Å². The Hall–Kier alpha value is -2.07. The molecule has 0 aliphatic heterocycles. The highest BCUT2D eigenvalue weighted by molar-refractivity contribution is 5.95. The van der Waals surface area contributed by atoms with Crippen LogP contribution in [0.3, 0.4) is 0 Å². The number of fused-ring (bicyclic) bond motifs is 1. The largest absolute Gasteiger partial charge is 0.360 e. The van der Waals surface area contributed by atoms with E-state index in [0.29, 0.717) is 0 Å². The van der Waals surface area contributed by atoms with Crippen molar-refractivity contribution in [2.75, 3.05) is 13.6 Å². The Kier molecular flexibility index (Phi) is 3.32. The van der Waals surface area contributed by atoms with Crippen LogP contribution in [0.2, 0.25) is 0 Å². The molecule has 0 radical (unpaired) electrons. The van der Waals surface area contributed by atoms with Crippen LogP contribution in [0.1, 0.15) is 11.5 Å². The van der Waals surface area contributed by atoms with Crippen LogP contribution >= 0.6 is 0 Å². The number of aromatic amines is 1. The van der Waals surface area contributed by atoms with Gasteiger partial charge in [-0.2, -0.15) is 0 Å². The van der Waals surface area contributed by atoms with Gasteiger partial charge in [-0.25, -0.2) is 4.98 Å². The molecule has 2 aromatic heterocycles. The minimum absolute atomic E-state index is 0.941. The van der Waals surface area contributed by atoms with Crippen LogP contribution in [0, 0.1) is 6.92 Å². The average molecular weight is 268 g/mol. The molecule has 3 aromatic rings. The number of likely N-dealkylation sites (N-methyl/N-ethyl adjacent to an activating group) is 1. The monoisotopic (exact) mass is 268 g/mol. The molecule has 20 heavy (non-hydrogen) atoms. The van der Waals surface area contributed by atoms with E-state index in [1.54, 1.807) is 0 Å². The molecule has 0 saturated heterocycles. The molecule has 0 fully saturated rings. The molecular weight excluding hydrogens is 248 g/mol. The van der Waals surface area contributed by atoms with E-state index in [0.717, 1.165) is 30.0 Å². The maximum absolute atomic E-state index is 4.84. The fourth-order valence-electron chi connectivity index (χ4n) is 2.62. The number of nitrogens with one attached hydrogen (secondary N) is 2. The zero-order valence-electron chi connectivity index (χ0n) is 12.2. The van der Waals surface area contributed by atoms with E-state index in [4.69, 9.17) is 4.98 Å². The van der Waals surface area contributed by atoms with Gasteiger partial charge in [0, 0.05) is 48.4 Å². The van der Waals surface area contributed by atoms with Crippen LogP contribution < -0.4 is 5.32 Å². The van der Waals surface area contributed by atoms with E-state index in [2.05, 4.69) is 53.2 Å². The minimum atomic E-state index is 0.941. The van der Waals surface area contributed by atoms with E-state index in [-0.39, 0.29) is 0 Å². The van der Waals surface area contributed by atoms with E-state index >= 15 is 0 Å². The lowest BCUT2D eigenvalue weighted by Gasteiger charge is -2.02. The topological polar surface area (TPSA) is 45.6 Å². The number of hydrogen-bond acceptors (Lipinski definition) is 2. The normalized spacial score (nSPS) is 11.3. The molecule has 0 amide bonds. The highest BCUT2D eigenvalue weighted by Gasteiger charge is 2.15. The van der Waals surface area contributed by atoms with Gasteiger partial charge in [0.05, 0.1) is 5.69 Å². The number of imidazole rings is 1. The average Bonchev–Trinajstić information content (AvgIpc) is 3.00. The summed E-state index contributed by atoms with van der Waals surface area (Å²) in [4.78, 5) is 8.17. The van der Waals surface area contributed by atoms with Crippen molar-refractivity contribution in [3.05, 3.63) is 42.0 Å². The highest BCUT2D eigenvalue weighted by Crippen LogP contribution is 2.30. The van der Waals surface area contributed by atoms with Crippen molar-refractivity contribution in [2.24, 2.45) is 7.05 Å². The molecule has 104 valence electrons. The number of benzene rings is 1. The van der Waals surface area contributed by atoms with Gasteiger partial charge in [-0.15, -0.1) is 0 Å². The molecule has 0 atom stereocenters. The Bertz CT molecular complexity index is 736. The van der Waals surface area contributed by atoms with Gasteiger partial charge >= 0.3 is 0 Å². The lowest BCUT2D eigenvalue weighted by molar-refractivity contribution is 0.710. The predicted octanol–water partition coefficient (Wildman–Crippen LogP) is 2.64. The summed E-state index contributed by atoms with van der Waals surface area (Å²) < 4.78 is 2.19. The van der Waals surface area contributed by atoms with Crippen molar-refractivity contribution < 1.29 is 0 Å². The number of para-hydroxylation sites is 1. The van der Waals surface area contributed by atoms with E-state index in [1.807, 2.05) is 13.1 Å². The van der Waals surface area contributed by atoms with E-state index in [9.17, 15) is 0 Å². The van der Waals surface area contributed by atoms with Crippen molar-refractivity contribution >= 4 is 10.9 Å². The van der Waals surface area contributed by atoms with Crippen molar-refractivity contribution in [1.82, 2.24) is 19.9 Å². The summed E-state index contributed by atoms with van der Waals surface area (Å²) in [5, 5.41) is 4.41. The third kappa shape index (κ3) is 2.02. The van der Waals surface area contributed by atoms with Gasteiger partial charge in [0.25, 0.3) is 0 Å². The molecule has 2 heterocycles. The Balaban J connectivity index is 2.10. The van der Waals surface area contributed by atoms with Crippen LogP contribution in [-0.2, 0) is 13.5 Å².